The Hall–Kier alpha value is -1.62. The Labute approximate surface area is 114 Å². The van der Waals surface area contributed by atoms with Gasteiger partial charge in [0, 0.05) is 17.7 Å². The van der Waals surface area contributed by atoms with E-state index in [1.807, 2.05) is 32.0 Å². The van der Waals surface area contributed by atoms with Crippen molar-refractivity contribution in [3.63, 3.8) is 0 Å². The van der Waals surface area contributed by atoms with Gasteiger partial charge in [-0.1, -0.05) is 6.07 Å². The number of halogens is 1. The van der Waals surface area contributed by atoms with E-state index in [1.54, 1.807) is 17.9 Å². The third kappa shape index (κ3) is 2.61. The van der Waals surface area contributed by atoms with Crippen LogP contribution in [-0.4, -0.2) is 15.7 Å². The summed E-state index contributed by atoms with van der Waals surface area (Å²) >= 11 is 3.44. The van der Waals surface area contributed by atoms with Crippen LogP contribution in [-0.2, 0) is 7.05 Å². The first kappa shape index (κ1) is 12.8. The number of carbonyl (C=O) groups is 1. The number of nitrogens with zero attached hydrogens (tertiary/aromatic N) is 2. The predicted octanol–water partition coefficient (Wildman–Crippen LogP) is 3.05. The largest absolute Gasteiger partial charge is 0.321 e. The van der Waals surface area contributed by atoms with Crippen molar-refractivity contribution in [1.29, 1.82) is 0 Å². The van der Waals surface area contributed by atoms with Gasteiger partial charge in [0.05, 0.1) is 16.9 Å². The molecule has 0 aliphatic rings. The molecule has 0 bridgehead atoms. The van der Waals surface area contributed by atoms with Crippen LogP contribution in [0.25, 0.3) is 0 Å². The molecule has 0 atom stereocenters. The Bertz CT molecular complexity index is 604. The number of hydrogen-bond acceptors (Lipinski definition) is 2. The number of nitrogens with one attached hydrogen (secondary N) is 1. The number of amides is 1. The third-order valence-corrected chi connectivity index (χ3v) is 3.29. The molecule has 1 aromatic heterocycles. The molecule has 1 heterocycles. The summed E-state index contributed by atoms with van der Waals surface area (Å²) in [5.41, 5.74) is 3.20. The third-order valence-electron chi connectivity index (χ3n) is 2.63. The predicted molar refractivity (Wildman–Crippen MR) is 74.8 cm³/mol. The number of rotatable bonds is 2. The Kier molecular flexibility index (Phi) is 3.52. The van der Waals surface area contributed by atoms with Gasteiger partial charge in [-0.15, -0.1) is 0 Å². The minimum Gasteiger partial charge on any atom is -0.321 e. The Morgan fingerprint density at radius 2 is 2.11 bits per heavy atom. The zero-order valence-corrected chi connectivity index (χ0v) is 12.1. The summed E-state index contributed by atoms with van der Waals surface area (Å²) in [7, 11) is 1.80. The van der Waals surface area contributed by atoms with Crippen molar-refractivity contribution in [2.75, 3.05) is 5.32 Å². The Morgan fingerprint density at radius 1 is 1.39 bits per heavy atom. The van der Waals surface area contributed by atoms with E-state index < -0.39 is 0 Å². The van der Waals surface area contributed by atoms with Crippen molar-refractivity contribution in [3.05, 3.63) is 45.7 Å². The molecule has 0 aliphatic carbocycles. The van der Waals surface area contributed by atoms with Gasteiger partial charge in [-0.05, 0) is 47.5 Å². The maximum absolute atomic E-state index is 12.1. The highest BCUT2D eigenvalue weighted by Gasteiger charge is 2.13. The topological polar surface area (TPSA) is 46.9 Å². The zero-order chi connectivity index (χ0) is 13.3. The van der Waals surface area contributed by atoms with Crippen LogP contribution in [0.3, 0.4) is 0 Å². The lowest BCUT2D eigenvalue weighted by Gasteiger charge is -2.07. The van der Waals surface area contributed by atoms with Gasteiger partial charge < -0.3 is 5.32 Å². The summed E-state index contributed by atoms with van der Waals surface area (Å²) in [6.45, 7) is 3.82. The highest BCUT2D eigenvalue weighted by molar-refractivity contribution is 9.10. The van der Waals surface area contributed by atoms with Crippen LogP contribution in [0.1, 0.15) is 21.6 Å². The van der Waals surface area contributed by atoms with Crippen LogP contribution in [0.4, 0.5) is 5.69 Å². The van der Waals surface area contributed by atoms with Gasteiger partial charge in [0.1, 0.15) is 0 Å². The van der Waals surface area contributed by atoms with E-state index in [4.69, 9.17) is 0 Å². The first-order valence-corrected chi connectivity index (χ1v) is 6.34. The lowest BCUT2D eigenvalue weighted by molar-refractivity contribution is 0.102. The van der Waals surface area contributed by atoms with Crippen LogP contribution in [0.15, 0.2) is 28.9 Å². The van der Waals surface area contributed by atoms with E-state index in [2.05, 4.69) is 26.3 Å². The first-order chi connectivity index (χ1) is 8.47. The molecule has 0 saturated heterocycles. The fourth-order valence-corrected chi connectivity index (χ4v) is 2.33. The van der Waals surface area contributed by atoms with E-state index in [9.17, 15) is 4.79 Å². The van der Waals surface area contributed by atoms with Crippen LogP contribution in [0.2, 0.25) is 0 Å². The minimum absolute atomic E-state index is 0.148. The maximum Gasteiger partial charge on any atom is 0.259 e. The van der Waals surface area contributed by atoms with Gasteiger partial charge in [-0.3, -0.25) is 9.48 Å². The molecular weight excluding hydrogens is 294 g/mol. The number of hydrogen-bond donors (Lipinski definition) is 1. The number of anilines is 1. The van der Waals surface area contributed by atoms with Crippen molar-refractivity contribution in [3.8, 4) is 0 Å². The smallest absolute Gasteiger partial charge is 0.259 e. The van der Waals surface area contributed by atoms with E-state index in [0.717, 1.165) is 21.4 Å². The van der Waals surface area contributed by atoms with Crippen LogP contribution in [0.5, 0.6) is 0 Å². The first-order valence-electron chi connectivity index (χ1n) is 5.55. The van der Waals surface area contributed by atoms with E-state index in [0.29, 0.717) is 5.56 Å². The van der Waals surface area contributed by atoms with Crippen LogP contribution < -0.4 is 5.32 Å². The quantitative estimate of drug-likeness (QED) is 0.927. The van der Waals surface area contributed by atoms with Gasteiger partial charge in [0.2, 0.25) is 0 Å². The lowest BCUT2D eigenvalue weighted by atomic mass is 10.2. The fourth-order valence-electron chi connectivity index (χ4n) is 1.73. The summed E-state index contributed by atoms with van der Waals surface area (Å²) in [6.07, 6.45) is 1.72. The van der Waals surface area contributed by atoms with Gasteiger partial charge in [-0.25, -0.2) is 0 Å². The minimum atomic E-state index is -0.148. The number of aryl methyl sites for hydroxylation is 3. The van der Waals surface area contributed by atoms with Crippen molar-refractivity contribution < 1.29 is 4.79 Å². The molecule has 0 radical (unpaired) electrons. The molecule has 1 amide bonds. The summed E-state index contributed by atoms with van der Waals surface area (Å²) in [5.74, 6) is -0.148. The van der Waals surface area contributed by atoms with E-state index in [-0.39, 0.29) is 5.91 Å². The molecule has 0 unspecified atom stereocenters. The van der Waals surface area contributed by atoms with Crippen molar-refractivity contribution in [2.24, 2.45) is 7.05 Å². The van der Waals surface area contributed by atoms with E-state index >= 15 is 0 Å². The molecule has 0 saturated carbocycles. The second-order valence-electron chi connectivity index (χ2n) is 4.24. The number of benzene rings is 1. The molecule has 94 valence electrons. The van der Waals surface area contributed by atoms with E-state index in [1.165, 1.54) is 0 Å². The highest BCUT2D eigenvalue weighted by atomic mass is 79.9. The standard InChI is InChI=1S/C13H14BrN3O/c1-8-4-5-12(11(14)6-8)15-13(18)10-7-17(3)16-9(10)2/h4-7H,1-3H3,(H,15,18). The van der Waals surface area contributed by atoms with Crippen LogP contribution >= 0.6 is 15.9 Å². The maximum atomic E-state index is 12.1. The van der Waals surface area contributed by atoms with Gasteiger partial charge >= 0.3 is 0 Å². The zero-order valence-electron chi connectivity index (χ0n) is 10.5. The van der Waals surface area contributed by atoms with Gasteiger partial charge in [0.15, 0.2) is 0 Å². The average molecular weight is 308 g/mol. The van der Waals surface area contributed by atoms with Crippen LogP contribution in [0, 0.1) is 13.8 Å². The normalized spacial score (nSPS) is 10.4. The molecule has 5 heteroatoms. The summed E-state index contributed by atoms with van der Waals surface area (Å²) in [4.78, 5) is 12.1. The summed E-state index contributed by atoms with van der Waals surface area (Å²) in [5, 5.41) is 7.02. The molecule has 2 aromatic rings. The summed E-state index contributed by atoms with van der Waals surface area (Å²) < 4.78 is 2.51. The molecule has 1 aromatic carbocycles. The number of aromatic nitrogens is 2. The molecule has 0 aliphatic heterocycles. The Morgan fingerprint density at radius 3 is 2.67 bits per heavy atom. The van der Waals surface area contributed by atoms with Crippen molar-refractivity contribution in [1.82, 2.24) is 9.78 Å². The molecule has 4 nitrogen and oxygen atoms in total. The average Bonchev–Trinajstić information content (AvgIpc) is 2.62. The second-order valence-corrected chi connectivity index (χ2v) is 5.09. The van der Waals surface area contributed by atoms with Crippen molar-refractivity contribution >= 4 is 27.5 Å². The highest BCUT2D eigenvalue weighted by Crippen LogP contribution is 2.24. The SMILES string of the molecule is Cc1ccc(NC(=O)c2cn(C)nc2C)c(Br)c1. The molecule has 1 N–H and O–H groups in total. The molecule has 2 rings (SSSR count). The second kappa shape index (κ2) is 4.94. The van der Waals surface area contributed by atoms with Crippen molar-refractivity contribution in [2.45, 2.75) is 13.8 Å². The molecule has 18 heavy (non-hydrogen) atoms. The lowest BCUT2D eigenvalue weighted by Crippen LogP contribution is -2.12. The molecule has 0 spiro atoms. The molecular formula is C13H14BrN3O. The molecule has 0 fully saturated rings. The number of carbonyl (C=O) groups excluding carboxylic acids is 1. The van der Waals surface area contributed by atoms with Gasteiger partial charge in [0.25, 0.3) is 5.91 Å². The summed E-state index contributed by atoms with van der Waals surface area (Å²) in [6, 6.07) is 5.80. The van der Waals surface area contributed by atoms with Gasteiger partial charge in [-0.2, -0.15) is 5.10 Å². The monoisotopic (exact) mass is 307 g/mol. The fraction of sp³-hybridized carbons (Fsp3) is 0.231. The Balaban J connectivity index is 2.24.